The van der Waals surface area contributed by atoms with Gasteiger partial charge in [-0.1, -0.05) is 0 Å². The van der Waals surface area contributed by atoms with E-state index in [1.807, 2.05) is 16.8 Å². The lowest BCUT2D eigenvalue weighted by Crippen LogP contribution is -2.43. The van der Waals surface area contributed by atoms with Gasteiger partial charge in [-0.2, -0.15) is 11.3 Å². The van der Waals surface area contributed by atoms with Gasteiger partial charge in [-0.15, -0.1) is 0 Å². The number of anilines is 1. The molecule has 1 saturated heterocycles. The zero-order chi connectivity index (χ0) is 6.97. The normalized spacial score (nSPS) is 17.2. The Morgan fingerprint density at radius 2 is 2.50 bits per heavy atom. The molecule has 0 aliphatic carbocycles. The van der Waals surface area contributed by atoms with Gasteiger partial charge in [0.1, 0.15) is 0 Å². The fourth-order valence-corrected chi connectivity index (χ4v) is 1.64. The van der Waals surface area contributed by atoms with E-state index in [0.717, 1.165) is 18.7 Å². The number of amides is 1. The molecule has 1 aromatic heterocycles. The summed E-state index contributed by atoms with van der Waals surface area (Å²) in [5.41, 5.74) is 1.06. The van der Waals surface area contributed by atoms with Crippen LogP contribution in [-0.2, 0) is 4.79 Å². The van der Waals surface area contributed by atoms with Crippen molar-refractivity contribution < 1.29 is 4.79 Å². The van der Waals surface area contributed by atoms with Crippen LogP contribution in [0.4, 0.5) is 5.69 Å². The Morgan fingerprint density at radius 1 is 1.60 bits per heavy atom. The molecule has 0 saturated carbocycles. The van der Waals surface area contributed by atoms with Crippen LogP contribution in [0.5, 0.6) is 0 Å². The van der Waals surface area contributed by atoms with Crippen molar-refractivity contribution in [1.82, 2.24) is 0 Å². The molecule has 0 spiro atoms. The van der Waals surface area contributed by atoms with Gasteiger partial charge in [0.05, 0.1) is 5.69 Å². The number of hydrogen-bond acceptors (Lipinski definition) is 2. The van der Waals surface area contributed by atoms with E-state index in [9.17, 15) is 4.79 Å². The molecule has 52 valence electrons. The summed E-state index contributed by atoms with van der Waals surface area (Å²) in [6.07, 6.45) is 0.718. The molecule has 0 N–H and O–H groups in total. The van der Waals surface area contributed by atoms with E-state index in [1.165, 1.54) is 0 Å². The average molecular weight is 153 g/mol. The van der Waals surface area contributed by atoms with Gasteiger partial charge < -0.3 is 4.90 Å². The number of carbonyl (C=O) groups is 1. The standard InChI is InChI=1S/C7H7NOS/c9-7-1-3-8(7)6-2-4-10-5-6/h2,4-5H,1,3H2. The van der Waals surface area contributed by atoms with Gasteiger partial charge in [0.25, 0.3) is 0 Å². The van der Waals surface area contributed by atoms with Crippen LogP contribution >= 0.6 is 11.3 Å². The van der Waals surface area contributed by atoms with Crippen molar-refractivity contribution in [3.8, 4) is 0 Å². The highest BCUT2D eigenvalue weighted by molar-refractivity contribution is 7.08. The van der Waals surface area contributed by atoms with Gasteiger partial charge in [-0.05, 0) is 11.4 Å². The van der Waals surface area contributed by atoms with E-state index in [0.29, 0.717) is 0 Å². The number of thiophene rings is 1. The summed E-state index contributed by atoms with van der Waals surface area (Å²) in [5, 5.41) is 3.98. The summed E-state index contributed by atoms with van der Waals surface area (Å²) in [7, 11) is 0. The van der Waals surface area contributed by atoms with Gasteiger partial charge in [0.2, 0.25) is 5.91 Å². The van der Waals surface area contributed by atoms with Gasteiger partial charge in [0, 0.05) is 18.3 Å². The van der Waals surface area contributed by atoms with Crippen LogP contribution in [0.25, 0.3) is 0 Å². The molecule has 0 unspecified atom stereocenters. The van der Waals surface area contributed by atoms with Crippen molar-refractivity contribution >= 4 is 22.9 Å². The molecule has 3 heteroatoms. The number of carbonyl (C=O) groups excluding carboxylic acids is 1. The van der Waals surface area contributed by atoms with Gasteiger partial charge >= 0.3 is 0 Å². The van der Waals surface area contributed by atoms with Crippen LogP contribution in [0.2, 0.25) is 0 Å². The quantitative estimate of drug-likeness (QED) is 0.560. The van der Waals surface area contributed by atoms with E-state index >= 15 is 0 Å². The smallest absolute Gasteiger partial charge is 0.228 e. The van der Waals surface area contributed by atoms with Gasteiger partial charge in [-0.3, -0.25) is 4.79 Å². The largest absolute Gasteiger partial charge is 0.311 e. The van der Waals surface area contributed by atoms with Crippen molar-refractivity contribution in [2.24, 2.45) is 0 Å². The second-order valence-corrected chi connectivity index (χ2v) is 3.06. The third kappa shape index (κ3) is 0.743. The molecule has 10 heavy (non-hydrogen) atoms. The first-order valence-electron chi connectivity index (χ1n) is 3.20. The average Bonchev–Trinajstić information content (AvgIpc) is 2.37. The van der Waals surface area contributed by atoms with Gasteiger partial charge in [0.15, 0.2) is 0 Å². The molecule has 1 amide bonds. The highest BCUT2D eigenvalue weighted by Crippen LogP contribution is 2.23. The zero-order valence-corrected chi connectivity index (χ0v) is 6.23. The number of rotatable bonds is 1. The Kier molecular flexibility index (Phi) is 1.24. The fourth-order valence-electron chi connectivity index (χ4n) is 0.999. The maximum atomic E-state index is 10.9. The minimum atomic E-state index is 0.249. The summed E-state index contributed by atoms with van der Waals surface area (Å²) >= 11 is 1.63. The SMILES string of the molecule is O=C1CCN1c1ccsc1. The monoisotopic (exact) mass is 153 g/mol. The lowest BCUT2D eigenvalue weighted by molar-refractivity contribution is -0.122. The first-order valence-corrected chi connectivity index (χ1v) is 4.15. The third-order valence-electron chi connectivity index (χ3n) is 1.67. The van der Waals surface area contributed by atoms with Gasteiger partial charge in [-0.25, -0.2) is 0 Å². The Hall–Kier alpha value is -0.830. The van der Waals surface area contributed by atoms with Crippen molar-refractivity contribution in [3.63, 3.8) is 0 Å². The van der Waals surface area contributed by atoms with E-state index in [2.05, 4.69) is 0 Å². The lowest BCUT2D eigenvalue weighted by Gasteiger charge is -2.29. The molecular weight excluding hydrogens is 146 g/mol. The third-order valence-corrected chi connectivity index (χ3v) is 2.34. The van der Waals surface area contributed by atoms with Crippen molar-refractivity contribution in [3.05, 3.63) is 16.8 Å². The molecule has 0 aromatic carbocycles. The Balaban J connectivity index is 2.21. The van der Waals surface area contributed by atoms with E-state index in [1.54, 1.807) is 16.2 Å². The first kappa shape index (κ1) is 5.92. The second-order valence-electron chi connectivity index (χ2n) is 2.28. The minimum Gasteiger partial charge on any atom is -0.311 e. The summed E-state index contributed by atoms with van der Waals surface area (Å²) in [5.74, 6) is 0.249. The highest BCUT2D eigenvalue weighted by Gasteiger charge is 2.24. The molecule has 1 aliphatic rings. The predicted molar refractivity (Wildman–Crippen MR) is 41.3 cm³/mol. The van der Waals surface area contributed by atoms with Crippen molar-refractivity contribution in [2.45, 2.75) is 6.42 Å². The molecule has 2 nitrogen and oxygen atoms in total. The van der Waals surface area contributed by atoms with E-state index in [4.69, 9.17) is 0 Å². The van der Waals surface area contributed by atoms with Crippen LogP contribution in [-0.4, -0.2) is 12.5 Å². The summed E-state index contributed by atoms with van der Waals surface area (Å²) < 4.78 is 0. The van der Waals surface area contributed by atoms with E-state index < -0.39 is 0 Å². The highest BCUT2D eigenvalue weighted by atomic mass is 32.1. The van der Waals surface area contributed by atoms with Crippen LogP contribution in [0.15, 0.2) is 16.8 Å². The maximum absolute atomic E-state index is 10.9. The molecule has 1 aliphatic heterocycles. The predicted octanol–water partition coefficient (Wildman–Crippen LogP) is 1.48. The molecule has 1 aromatic rings. The van der Waals surface area contributed by atoms with E-state index in [-0.39, 0.29) is 5.91 Å². The van der Waals surface area contributed by atoms with Crippen LogP contribution in [0.3, 0.4) is 0 Å². The number of β-lactam (4-membered cyclic amide) rings is 1. The summed E-state index contributed by atoms with van der Waals surface area (Å²) in [4.78, 5) is 12.7. The molecule has 0 atom stereocenters. The Morgan fingerprint density at radius 3 is 2.90 bits per heavy atom. The molecule has 1 fully saturated rings. The van der Waals surface area contributed by atoms with Crippen molar-refractivity contribution in [2.75, 3.05) is 11.4 Å². The topological polar surface area (TPSA) is 20.3 Å². The lowest BCUT2D eigenvalue weighted by atomic mass is 10.2. The zero-order valence-electron chi connectivity index (χ0n) is 5.41. The first-order chi connectivity index (χ1) is 4.88. The number of nitrogens with zero attached hydrogens (tertiary/aromatic N) is 1. The van der Waals surface area contributed by atoms with Crippen LogP contribution in [0.1, 0.15) is 6.42 Å². The van der Waals surface area contributed by atoms with Crippen molar-refractivity contribution in [1.29, 1.82) is 0 Å². The fraction of sp³-hybridized carbons (Fsp3) is 0.286. The van der Waals surface area contributed by atoms with Crippen LogP contribution in [0, 0.1) is 0 Å². The Bertz CT molecular complexity index is 242. The molecule has 0 radical (unpaired) electrons. The molecule has 2 rings (SSSR count). The summed E-state index contributed by atoms with van der Waals surface area (Å²) in [6, 6.07) is 1.97. The molecular formula is C7H7NOS. The second kappa shape index (κ2) is 2.09. The number of hydrogen-bond donors (Lipinski definition) is 0. The summed E-state index contributed by atoms with van der Waals surface area (Å²) in [6.45, 7) is 0.898. The molecule has 0 bridgehead atoms. The minimum absolute atomic E-state index is 0.249. The maximum Gasteiger partial charge on any atom is 0.228 e. The van der Waals surface area contributed by atoms with Crippen LogP contribution < -0.4 is 4.90 Å². The molecule has 2 heterocycles. The Labute approximate surface area is 63.1 Å².